The molecule has 0 radical (unpaired) electrons. The number of aliphatic imine (C=N–C) groups is 1. The molecule has 8 nitrogen and oxygen atoms in total. The third-order valence-corrected chi connectivity index (χ3v) is 7.00. The number of carbonyl (C=O) groups is 2. The minimum absolute atomic E-state index is 0.108. The zero-order valence-corrected chi connectivity index (χ0v) is 18.7. The maximum absolute atomic E-state index is 13.0. The van der Waals surface area contributed by atoms with Crippen LogP contribution in [-0.2, 0) is 19.6 Å². The van der Waals surface area contributed by atoms with Crippen LogP contribution in [0.3, 0.4) is 0 Å². The number of anilines is 2. The molecular formula is C23H26N4O4S. The Kier molecular flexibility index (Phi) is 6.27. The molecule has 2 aromatic rings. The molecule has 0 saturated carbocycles. The Balaban J connectivity index is 1.53. The normalized spacial score (nSPS) is 19.0. The molecule has 1 fully saturated rings. The quantitative estimate of drug-likeness (QED) is 0.670. The first-order valence-corrected chi connectivity index (χ1v) is 12.3. The molecule has 2 aliphatic rings. The zero-order valence-electron chi connectivity index (χ0n) is 17.9. The Morgan fingerprint density at radius 3 is 2.62 bits per heavy atom. The lowest BCUT2D eigenvalue weighted by molar-refractivity contribution is -0.118. The van der Waals surface area contributed by atoms with Crippen LogP contribution in [0.15, 0.2) is 58.4 Å². The smallest absolute Gasteiger partial charge is 0.263 e. The van der Waals surface area contributed by atoms with E-state index in [1.54, 1.807) is 35.2 Å². The molecule has 2 heterocycles. The van der Waals surface area contributed by atoms with Crippen LogP contribution in [0.2, 0.25) is 0 Å². The zero-order chi connectivity index (χ0) is 22.7. The molecule has 1 unspecified atom stereocenters. The van der Waals surface area contributed by atoms with E-state index < -0.39 is 16.1 Å². The van der Waals surface area contributed by atoms with E-state index in [0.29, 0.717) is 30.6 Å². The molecule has 2 amide bonds. The molecule has 2 aromatic carbocycles. The molecule has 0 bridgehead atoms. The van der Waals surface area contributed by atoms with E-state index in [9.17, 15) is 18.0 Å². The maximum Gasteiger partial charge on any atom is 0.263 e. The first kappa shape index (κ1) is 22.0. The summed E-state index contributed by atoms with van der Waals surface area (Å²) in [7, 11) is -3.67. The predicted molar refractivity (Wildman–Crippen MR) is 123 cm³/mol. The summed E-state index contributed by atoms with van der Waals surface area (Å²) < 4.78 is 27.2. The average molecular weight is 455 g/mol. The number of amides is 2. The number of carbonyl (C=O) groups excluding carboxylic acids is 2. The third-order valence-electron chi connectivity index (χ3n) is 5.60. The van der Waals surface area contributed by atoms with Crippen molar-refractivity contribution in [3.05, 3.63) is 54.1 Å². The van der Waals surface area contributed by atoms with Gasteiger partial charge in [-0.3, -0.25) is 19.3 Å². The lowest BCUT2D eigenvalue weighted by atomic mass is 10.1. The van der Waals surface area contributed by atoms with E-state index in [2.05, 4.69) is 15.0 Å². The van der Waals surface area contributed by atoms with Gasteiger partial charge in [0.2, 0.25) is 11.8 Å². The molecule has 4 rings (SSSR count). The number of amidine groups is 1. The van der Waals surface area contributed by atoms with Crippen LogP contribution >= 0.6 is 0 Å². The van der Waals surface area contributed by atoms with Crippen LogP contribution in [0.5, 0.6) is 0 Å². The summed E-state index contributed by atoms with van der Waals surface area (Å²) in [4.78, 5) is 31.3. The highest BCUT2D eigenvalue weighted by molar-refractivity contribution is 7.90. The van der Waals surface area contributed by atoms with Crippen molar-refractivity contribution in [2.24, 2.45) is 4.99 Å². The monoisotopic (exact) mass is 454 g/mol. The Morgan fingerprint density at radius 1 is 1.19 bits per heavy atom. The fraction of sp³-hybridized carbons (Fsp3) is 0.348. The van der Waals surface area contributed by atoms with Crippen molar-refractivity contribution in [1.82, 2.24) is 4.72 Å². The van der Waals surface area contributed by atoms with Gasteiger partial charge in [0, 0.05) is 29.9 Å². The van der Waals surface area contributed by atoms with Gasteiger partial charge in [-0.25, -0.2) is 8.42 Å². The number of unbranched alkanes of at least 4 members (excludes halogenated alkanes) is 1. The topological polar surface area (TPSA) is 108 Å². The SMILES string of the molecule is CCCCC(N=C1NS(=O)(=O)c2ccccc21)C(=O)Nc1ccc(N2CCCC2=O)cc1. The van der Waals surface area contributed by atoms with Crippen molar-refractivity contribution < 1.29 is 18.0 Å². The van der Waals surface area contributed by atoms with Gasteiger partial charge < -0.3 is 10.2 Å². The number of sulfonamides is 1. The van der Waals surface area contributed by atoms with Crippen molar-refractivity contribution in [1.29, 1.82) is 0 Å². The molecule has 9 heteroatoms. The molecule has 2 N–H and O–H groups in total. The van der Waals surface area contributed by atoms with E-state index in [0.717, 1.165) is 24.9 Å². The van der Waals surface area contributed by atoms with Crippen LogP contribution in [0.1, 0.15) is 44.6 Å². The highest BCUT2D eigenvalue weighted by Gasteiger charge is 2.32. The van der Waals surface area contributed by atoms with Crippen molar-refractivity contribution in [3.63, 3.8) is 0 Å². The molecule has 1 atom stereocenters. The van der Waals surface area contributed by atoms with Crippen LogP contribution in [-0.4, -0.2) is 38.7 Å². The van der Waals surface area contributed by atoms with Gasteiger partial charge >= 0.3 is 0 Å². The van der Waals surface area contributed by atoms with Crippen LogP contribution in [0, 0.1) is 0 Å². The predicted octanol–water partition coefficient (Wildman–Crippen LogP) is 3.05. The van der Waals surface area contributed by atoms with E-state index in [1.165, 1.54) is 6.07 Å². The second-order valence-corrected chi connectivity index (χ2v) is 9.57. The number of nitrogens with zero attached hydrogens (tertiary/aromatic N) is 2. The molecule has 2 aliphatic heterocycles. The highest BCUT2D eigenvalue weighted by atomic mass is 32.2. The fourth-order valence-corrected chi connectivity index (χ4v) is 5.15. The first-order chi connectivity index (χ1) is 15.4. The highest BCUT2D eigenvalue weighted by Crippen LogP contribution is 2.25. The van der Waals surface area contributed by atoms with E-state index in [-0.39, 0.29) is 22.5 Å². The van der Waals surface area contributed by atoms with Crippen LogP contribution in [0.4, 0.5) is 11.4 Å². The third kappa shape index (κ3) is 4.52. The molecule has 168 valence electrons. The lowest BCUT2D eigenvalue weighted by Crippen LogP contribution is -2.30. The van der Waals surface area contributed by atoms with E-state index >= 15 is 0 Å². The molecule has 32 heavy (non-hydrogen) atoms. The second-order valence-electron chi connectivity index (χ2n) is 7.92. The number of nitrogens with one attached hydrogen (secondary N) is 2. The molecule has 0 aliphatic carbocycles. The largest absolute Gasteiger partial charge is 0.324 e. The number of benzene rings is 2. The summed E-state index contributed by atoms with van der Waals surface area (Å²) in [6.07, 6.45) is 3.57. The number of rotatable bonds is 7. The summed E-state index contributed by atoms with van der Waals surface area (Å²) in [6.45, 7) is 2.73. The Hall–Kier alpha value is -3.20. The second kappa shape index (κ2) is 9.12. The van der Waals surface area contributed by atoms with Gasteiger partial charge in [-0.15, -0.1) is 0 Å². The van der Waals surface area contributed by atoms with Gasteiger partial charge in [0.15, 0.2) is 0 Å². The van der Waals surface area contributed by atoms with Gasteiger partial charge in [0.05, 0.1) is 4.90 Å². The van der Waals surface area contributed by atoms with Crippen molar-refractivity contribution in [2.45, 2.75) is 50.0 Å². The fourth-order valence-electron chi connectivity index (χ4n) is 3.91. The van der Waals surface area contributed by atoms with Gasteiger partial charge in [0.1, 0.15) is 11.9 Å². The number of hydrogen-bond donors (Lipinski definition) is 2. The minimum atomic E-state index is -3.67. The standard InChI is InChI=1S/C23H26N4O4S/c1-2-3-8-19(25-22-18-7-4-5-9-20(18)32(30,31)26-22)23(29)24-16-11-13-17(14-12-16)27-15-6-10-21(27)28/h4-5,7,9,11-14,19H,2-3,6,8,10,15H2,1H3,(H,24,29)(H,25,26). The minimum Gasteiger partial charge on any atom is -0.324 e. The summed E-state index contributed by atoms with van der Waals surface area (Å²) in [6, 6.07) is 13.0. The average Bonchev–Trinajstić information content (AvgIpc) is 3.32. The number of hydrogen-bond acceptors (Lipinski definition) is 5. The summed E-state index contributed by atoms with van der Waals surface area (Å²) in [5.74, 6) is -0.00388. The van der Waals surface area contributed by atoms with Crippen LogP contribution in [0.25, 0.3) is 0 Å². The van der Waals surface area contributed by atoms with Gasteiger partial charge in [-0.05, 0) is 49.2 Å². The van der Waals surface area contributed by atoms with Crippen molar-refractivity contribution in [3.8, 4) is 0 Å². The van der Waals surface area contributed by atoms with Gasteiger partial charge in [-0.1, -0.05) is 31.9 Å². The van der Waals surface area contributed by atoms with Crippen molar-refractivity contribution >= 4 is 39.0 Å². The van der Waals surface area contributed by atoms with Crippen molar-refractivity contribution in [2.75, 3.05) is 16.8 Å². The Bertz CT molecular complexity index is 1160. The molecular weight excluding hydrogens is 428 g/mol. The first-order valence-electron chi connectivity index (χ1n) is 10.8. The van der Waals surface area contributed by atoms with E-state index in [4.69, 9.17) is 0 Å². The number of fused-ring (bicyclic) bond motifs is 1. The van der Waals surface area contributed by atoms with Crippen LogP contribution < -0.4 is 14.9 Å². The summed E-state index contributed by atoms with van der Waals surface area (Å²) in [5.41, 5.74) is 1.88. The Morgan fingerprint density at radius 2 is 1.94 bits per heavy atom. The van der Waals surface area contributed by atoms with Gasteiger partial charge in [-0.2, -0.15) is 0 Å². The maximum atomic E-state index is 13.0. The lowest BCUT2D eigenvalue weighted by Gasteiger charge is -2.17. The summed E-state index contributed by atoms with van der Waals surface area (Å²) >= 11 is 0. The van der Waals surface area contributed by atoms with E-state index in [1.807, 2.05) is 19.1 Å². The van der Waals surface area contributed by atoms with Gasteiger partial charge in [0.25, 0.3) is 10.0 Å². The molecule has 1 saturated heterocycles. The summed E-state index contributed by atoms with van der Waals surface area (Å²) in [5, 5.41) is 2.87. The molecule has 0 spiro atoms. The molecule has 0 aromatic heterocycles. The Labute approximate surface area is 187 Å².